The first kappa shape index (κ1) is 14.3. The van der Waals surface area contributed by atoms with Gasteiger partial charge in [-0.1, -0.05) is 0 Å². The van der Waals surface area contributed by atoms with E-state index in [-0.39, 0.29) is 34.3 Å². The molecule has 2 rings (SSSR count). The van der Waals surface area contributed by atoms with E-state index in [2.05, 4.69) is 10.2 Å². The minimum Gasteiger partial charge on any atom is -0.434 e. The van der Waals surface area contributed by atoms with Gasteiger partial charge in [0.1, 0.15) is 5.84 Å². The van der Waals surface area contributed by atoms with Crippen LogP contribution < -0.4 is 10.5 Å². The Morgan fingerprint density at radius 1 is 1.52 bits per heavy atom. The molecule has 21 heavy (non-hydrogen) atoms. The van der Waals surface area contributed by atoms with Gasteiger partial charge < -0.3 is 10.5 Å². The topological polar surface area (TPSA) is 128 Å². The number of nitrogens with two attached hydrogens (primary N) is 1. The number of aryl methyl sites for hydroxylation is 1. The average molecular weight is 291 g/mol. The number of nitrogens with zero attached hydrogens (tertiary/aromatic N) is 3. The lowest BCUT2D eigenvalue weighted by molar-refractivity contribution is -0.385. The van der Waals surface area contributed by atoms with Crippen molar-refractivity contribution in [3.63, 3.8) is 0 Å². The summed E-state index contributed by atoms with van der Waals surface area (Å²) in [6.07, 6.45) is 1.31. The van der Waals surface area contributed by atoms with Gasteiger partial charge in [-0.3, -0.25) is 15.5 Å². The third kappa shape index (κ3) is 2.91. The van der Waals surface area contributed by atoms with E-state index in [4.69, 9.17) is 15.9 Å². The standard InChI is InChI=1S/C12H10FN5O3/c1-6-4-10(8(13)5-9(6)18(19)20)21-12-7(11(14)15)2-3-16-17-12/h2-5H,1H3,(H3,14,15). The van der Waals surface area contributed by atoms with Crippen molar-refractivity contribution in [1.82, 2.24) is 10.2 Å². The zero-order chi connectivity index (χ0) is 15.6. The first-order valence-electron chi connectivity index (χ1n) is 5.68. The maximum Gasteiger partial charge on any atom is 0.275 e. The molecule has 1 heterocycles. The predicted molar refractivity (Wildman–Crippen MR) is 70.9 cm³/mol. The molecule has 0 aliphatic carbocycles. The molecule has 0 aliphatic rings. The number of halogens is 1. The van der Waals surface area contributed by atoms with Crippen molar-refractivity contribution in [2.45, 2.75) is 6.92 Å². The second-order valence-corrected chi connectivity index (χ2v) is 4.09. The number of nitrogen functional groups attached to an aromatic ring is 1. The summed E-state index contributed by atoms with van der Waals surface area (Å²) in [5.74, 6) is -1.66. The second kappa shape index (κ2) is 5.49. The van der Waals surface area contributed by atoms with Gasteiger partial charge in [0, 0.05) is 5.56 Å². The van der Waals surface area contributed by atoms with Crippen molar-refractivity contribution in [2.75, 3.05) is 0 Å². The highest BCUT2D eigenvalue weighted by Crippen LogP contribution is 2.30. The summed E-state index contributed by atoms with van der Waals surface area (Å²) in [6.45, 7) is 1.45. The van der Waals surface area contributed by atoms with Crippen LogP contribution in [0.3, 0.4) is 0 Å². The van der Waals surface area contributed by atoms with Gasteiger partial charge in [-0.15, -0.1) is 5.10 Å². The number of nitro groups is 1. The summed E-state index contributed by atoms with van der Waals surface area (Å²) in [7, 11) is 0. The lowest BCUT2D eigenvalue weighted by Crippen LogP contribution is -2.13. The molecule has 0 fully saturated rings. The van der Waals surface area contributed by atoms with Crippen LogP contribution in [0.25, 0.3) is 0 Å². The van der Waals surface area contributed by atoms with Crippen LogP contribution in [0.1, 0.15) is 11.1 Å². The normalized spacial score (nSPS) is 10.2. The largest absolute Gasteiger partial charge is 0.434 e. The van der Waals surface area contributed by atoms with Crippen molar-refractivity contribution >= 4 is 11.5 Å². The Hall–Kier alpha value is -3.10. The third-order valence-corrected chi connectivity index (χ3v) is 2.63. The number of aromatic nitrogens is 2. The quantitative estimate of drug-likeness (QED) is 0.383. The summed E-state index contributed by atoms with van der Waals surface area (Å²) in [5.41, 5.74) is 5.36. The van der Waals surface area contributed by atoms with Gasteiger partial charge >= 0.3 is 0 Å². The van der Waals surface area contributed by atoms with Crippen LogP contribution in [0.15, 0.2) is 24.4 Å². The maximum atomic E-state index is 13.8. The van der Waals surface area contributed by atoms with E-state index in [1.165, 1.54) is 25.3 Å². The number of hydrogen-bond donors (Lipinski definition) is 2. The zero-order valence-electron chi connectivity index (χ0n) is 10.8. The van der Waals surface area contributed by atoms with E-state index in [0.29, 0.717) is 0 Å². The monoisotopic (exact) mass is 291 g/mol. The molecule has 8 nitrogen and oxygen atoms in total. The summed E-state index contributed by atoms with van der Waals surface area (Å²) >= 11 is 0. The highest BCUT2D eigenvalue weighted by Gasteiger charge is 2.18. The summed E-state index contributed by atoms with van der Waals surface area (Å²) in [4.78, 5) is 10.0. The summed E-state index contributed by atoms with van der Waals surface area (Å²) in [5, 5.41) is 25.3. The number of amidine groups is 1. The Balaban J connectivity index is 2.44. The molecule has 0 saturated carbocycles. The highest BCUT2D eigenvalue weighted by atomic mass is 19.1. The zero-order valence-corrected chi connectivity index (χ0v) is 10.8. The number of ether oxygens (including phenoxy) is 1. The van der Waals surface area contributed by atoms with E-state index in [1.54, 1.807) is 0 Å². The minimum absolute atomic E-state index is 0.139. The van der Waals surface area contributed by atoms with Crippen molar-refractivity contribution < 1.29 is 14.1 Å². The number of nitrogens with one attached hydrogen (secondary N) is 1. The number of hydrogen-bond acceptors (Lipinski definition) is 6. The molecule has 0 atom stereocenters. The van der Waals surface area contributed by atoms with Crippen LogP contribution in [0.2, 0.25) is 0 Å². The van der Waals surface area contributed by atoms with E-state index in [0.717, 1.165) is 6.07 Å². The number of benzene rings is 1. The van der Waals surface area contributed by atoms with Crippen LogP contribution in [0.4, 0.5) is 10.1 Å². The van der Waals surface area contributed by atoms with Crippen molar-refractivity contribution in [3.8, 4) is 11.6 Å². The highest BCUT2D eigenvalue weighted by molar-refractivity contribution is 5.96. The van der Waals surface area contributed by atoms with Crippen LogP contribution >= 0.6 is 0 Å². The van der Waals surface area contributed by atoms with E-state index < -0.39 is 10.7 Å². The molecule has 9 heteroatoms. The van der Waals surface area contributed by atoms with Gasteiger partial charge in [0.05, 0.1) is 22.7 Å². The molecule has 0 amide bonds. The van der Waals surface area contributed by atoms with E-state index in [1.807, 2.05) is 0 Å². The Morgan fingerprint density at radius 2 is 2.24 bits per heavy atom. The average Bonchev–Trinajstić information content (AvgIpc) is 2.42. The lowest BCUT2D eigenvalue weighted by Gasteiger charge is -2.09. The molecular formula is C12H10FN5O3. The third-order valence-electron chi connectivity index (χ3n) is 2.63. The predicted octanol–water partition coefficient (Wildman–Crippen LogP) is 1.91. The Bertz CT molecular complexity index is 735. The molecule has 0 radical (unpaired) electrons. The SMILES string of the molecule is Cc1cc(Oc2nnccc2C(=N)N)c(F)cc1[N+](=O)[O-]. The van der Waals surface area contributed by atoms with Crippen LogP contribution in [-0.4, -0.2) is 21.0 Å². The molecule has 1 aromatic heterocycles. The molecule has 2 aromatic rings. The van der Waals surface area contributed by atoms with Gasteiger partial charge in [-0.2, -0.15) is 5.10 Å². The summed E-state index contributed by atoms with van der Waals surface area (Å²) in [6, 6.07) is 3.32. The molecule has 108 valence electrons. The minimum atomic E-state index is -0.924. The van der Waals surface area contributed by atoms with Gasteiger partial charge in [0.15, 0.2) is 11.6 Å². The van der Waals surface area contributed by atoms with Crippen LogP contribution in [-0.2, 0) is 0 Å². The van der Waals surface area contributed by atoms with Crippen molar-refractivity contribution in [3.05, 3.63) is 51.5 Å². The molecule has 0 unspecified atom stereocenters. The van der Waals surface area contributed by atoms with Gasteiger partial charge in [0.25, 0.3) is 5.69 Å². The lowest BCUT2D eigenvalue weighted by atomic mass is 10.2. The first-order chi connectivity index (χ1) is 9.90. The fraction of sp³-hybridized carbons (Fsp3) is 0.0833. The smallest absolute Gasteiger partial charge is 0.275 e. The van der Waals surface area contributed by atoms with Gasteiger partial charge in [-0.05, 0) is 19.1 Å². The molecule has 0 saturated heterocycles. The van der Waals surface area contributed by atoms with Crippen LogP contribution in [0, 0.1) is 28.3 Å². The Kier molecular flexibility index (Phi) is 3.74. The molecule has 1 aromatic carbocycles. The fourth-order valence-electron chi connectivity index (χ4n) is 1.62. The second-order valence-electron chi connectivity index (χ2n) is 4.09. The Labute approximate surface area is 118 Å². The van der Waals surface area contributed by atoms with Crippen LogP contribution in [0.5, 0.6) is 11.6 Å². The van der Waals surface area contributed by atoms with Crippen molar-refractivity contribution in [1.29, 1.82) is 5.41 Å². The first-order valence-corrected chi connectivity index (χ1v) is 5.68. The van der Waals surface area contributed by atoms with Crippen molar-refractivity contribution in [2.24, 2.45) is 5.73 Å². The Morgan fingerprint density at radius 3 is 2.86 bits per heavy atom. The maximum absolute atomic E-state index is 13.8. The van der Waals surface area contributed by atoms with E-state index >= 15 is 0 Å². The van der Waals surface area contributed by atoms with Gasteiger partial charge in [0.2, 0.25) is 5.88 Å². The molecule has 3 N–H and O–H groups in total. The molecule has 0 aliphatic heterocycles. The summed E-state index contributed by atoms with van der Waals surface area (Å²) < 4.78 is 19.1. The number of nitro benzene ring substituents is 1. The molecule has 0 bridgehead atoms. The molecule has 0 spiro atoms. The van der Waals surface area contributed by atoms with Gasteiger partial charge in [-0.25, -0.2) is 4.39 Å². The number of rotatable bonds is 4. The van der Waals surface area contributed by atoms with E-state index in [9.17, 15) is 14.5 Å². The fourth-order valence-corrected chi connectivity index (χ4v) is 1.62. The molecular weight excluding hydrogens is 281 g/mol.